The normalized spacial score (nSPS) is 11.9. The van der Waals surface area contributed by atoms with Crippen molar-refractivity contribution in [1.29, 1.82) is 5.26 Å². The number of para-hydroxylation sites is 1. The molecule has 1 atom stereocenters. The van der Waals surface area contributed by atoms with Crippen molar-refractivity contribution in [1.82, 2.24) is 0 Å². The minimum absolute atomic E-state index is 0.110. The molecule has 0 aliphatic rings. The molecule has 1 N–H and O–H groups in total. The van der Waals surface area contributed by atoms with Crippen molar-refractivity contribution >= 4 is 27.5 Å². The van der Waals surface area contributed by atoms with E-state index < -0.39 is 0 Å². The molecule has 1 amide bonds. The summed E-state index contributed by atoms with van der Waals surface area (Å²) in [6, 6.07) is 9.03. The van der Waals surface area contributed by atoms with Crippen molar-refractivity contribution in [3.8, 4) is 6.07 Å². The SMILES string of the molecule is CC(C)CC(Br)C(=O)Nc1ccccc1C#N. The zero-order chi connectivity index (χ0) is 12.8. The van der Waals surface area contributed by atoms with E-state index >= 15 is 0 Å². The first-order valence-corrected chi connectivity index (χ1v) is 6.40. The van der Waals surface area contributed by atoms with E-state index in [1.807, 2.05) is 0 Å². The van der Waals surface area contributed by atoms with Gasteiger partial charge in [0.15, 0.2) is 0 Å². The van der Waals surface area contributed by atoms with Crippen LogP contribution in [0.25, 0.3) is 0 Å². The summed E-state index contributed by atoms with van der Waals surface area (Å²) in [6.07, 6.45) is 0.764. The highest BCUT2D eigenvalue weighted by atomic mass is 79.9. The zero-order valence-electron chi connectivity index (χ0n) is 9.90. The number of anilines is 1. The summed E-state index contributed by atoms with van der Waals surface area (Å²) in [5.41, 5.74) is 1.04. The number of benzene rings is 1. The Bertz CT molecular complexity index is 437. The zero-order valence-corrected chi connectivity index (χ0v) is 11.5. The van der Waals surface area contributed by atoms with Crippen molar-refractivity contribution in [3.63, 3.8) is 0 Å². The van der Waals surface area contributed by atoms with E-state index in [0.717, 1.165) is 6.42 Å². The second-order valence-electron chi connectivity index (χ2n) is 4.24. The van der Waals surface area contributed by atoms with Gasteiger partial charge in [-0.2, -0.15) is 5.26 Å². The number of nitriles is 1. The number of carbonyl (C=O) groups is 1. The van der Waals surface area contributed by atoms with E-state index in [1.54, 1.807) is 24.3 Å². The molecule has 0 bridgehead atoms. The van der Waals surface area contributed by atoms with E-state index in [2.05, 4.69) is 41.2 Å². The van der Waals surface area contributed by atoms with Crippen LogP contribution in [0.15, 0.2) is 24.3 Å². The lowest BCUT2D eigenvalue weighted by Crippen LogP contribution is -2.24. The highest BCUT2D eigenvalue weighted by molar-refractivity contribution is 9.10. The van der Waals surface area contributed by atoms with Crippen LogP contribution in [-0.4, -0.2) is 10.7 Å². The summed E-state index contributed by atoms with van der Waals surface area (Å²) in [6.45, 7) is 4.12. The Hall–Kier alpha value is -1.34. The molecule has 0 spiro atoms. The monoisotopic (exact) mass is 294 g/mol. The van der Waals surface area contributed by atoms with E-state index in [0.29, 0.717) is 17.2 Å². The van der Waals surface area contributed by atoms with Gasteiger partial charge in [0.2, 0.25) is 5.91 Å². The van der Waals surface area contributed by atoms with Gasteiger partial charge in [0.1, 0.15) is 6.07 Å². The number of nitrogens with one attached hydrogen (secondary N) is 1. The lowest BCUT2D eigenvalue weighted by atomic mass is 10.1. The Morgan fingerprint density at radius 3 is 2.71 bits per heavy atom. The second-order valence-corrected chi connectivity index (χ2v) is 5.35. The Labute approximate surface area is 110 Å². The average molecular weight is 295 g/mol. The first kappa shape index (κ1) is 13.7. The minimum Gasteiger partial charge on any atom is -0.324 e. The molecule has 0 fully saturated rings. The number of halogens is 1. The first-order valence-electron chi connectivity index (χ1n) is 5.48. The molecule has 0 saturated heterocycles. The van der Waals surface area contributed by atoms with Crippen LogP contribution in [0.3, 0.4) is 0 Å². The van der Waals surface area contributed by atoms with Gasteiger partial charge in [0, 0.05) is 0 Å². The van der Waals surface area contributed by atoms with Crippen molar-refractivity contribution in [3.05, 3.63) is 29.8 Å². The molecule has 0 aromatic heterocycles. The van der Waals surface area contributed by atoms with E-state index in [1.165, 1.54) is 0 Å². The number of carbonyl (C=O) groups excluding carboxylic acids is 1. The topological polar surface area (TPSA) is 52.9 Å². The number of hydrogen-bond donors (Lipinski definition) is 1. The Morgan fingerprint density at radius 1 is 1.47 bits per heavy atom. The van der Waals surface area contributed by atoms with Gasteiger partial charge in [-0.25, -0.2) is 0 Å². The van der Waals surface area contributed by atoms with Gasteiger partial charge in [0.05, 0.1) is 16.1 Å². The summed E-state index contributed by atoms with van der Waals surface area (Å²) >= 11 is 3.35. The van der Waals surface area contributed by atoms with Gasteiger partial charge in [-0.15, -0.1) is 0 Å². The summed E-state index contributed by atoms with van der Waals surface area (Å²) in [4.78, 5) is 11.6. The van der Waals surface area contributed by atoms with Crippen LogP contribution in [0.2, 0.25) is 0 Å². The van der Waals surface area contributed by atoms with Gasteiger partial charge < -0.3 is 5.32 Å². The summed E-state index contributed by atoms with van der Waals surface area (Å²) in [7, 11) is 0. The van der Waals surface area contributed by atoms with Crippen LogP contribution in [0.4, 0.5) is 5.69 Å². The molecule has 1 aromatic rings. The Morgan fingerprint density at radius 2 is 2.12 bits per heavy atom. The summed E-state index contributed by atoms with van der Waals surface area (Å²) < 4.78 is 0. The maximum atomic E-state index is 11.8. The molecule has 0 radical (unpaired) electrons. The van der Waals surface area contributed by atoms with Gasteiger partial charge in [-0.3, -0.25) is 4.79 Å². The maximum Gasteiger partial charge on any atom is 0.238 e. The second kappa shape index (κ2) is 6.41. The van der Waals surface area contributed by atoms with Gasteiger partial charge in [-0.1, -0.05) is 41.9 Å². The van der Waals surface area contributed by atoms with Crippen LogP contribution in [0, 0.1) is 17.2 Å². The van der Waals surface area contributed by atoms with Crippen LogP contribution >= 0.6 is 15.9 Å². The van der Waals surface area contributed by atoms with Crippen LogP contribution < -0.4 is 5.32 Å². The molecule has 4 heteroatoms. The van der Waals surface area contributed by atoms with Crippen molar-refractivity contribution < 1.29 is 4.79 Å². The molecule has 0 aliphatic carbocycles. The number of nitrogens with zero attached hydrogens (tertiary/aromatic N) is 1. The first-order chi connectivity index (χ1) is 8.04. The largest absolute Gasteiger partial charge is 0.324 e. The molecule has 1 aromatic carbocycles. The van der Waals surface area contributed by atoms with Gasteiger partial charge in [-0.05, 0) is 24.5 Å². The average Bonchev–Trinajstić information content (AvgIpc) is 2.28. The van der Waals surface area contributed by atoms with Gasteiger partial charge >= 0.3 is 0 Å². The van der Waals surface area contributed by atoms with Crippen molar-refractivity contribution in [2.45, 2.75) is 25.1 Å². The molecule has 17 heavy (non-hydrogen) atoms. The highest BCUT2D eigenvalue weighted by Crippen LogP contribution is 2.18. The minimum atomic E-state index is -0.228. The fraction of sp³-hybridized carbons (Fsp3) is 0.385. The molecule has 0 heterocycles. The fourth-order valence-electron chi connectivity index (χ4n) is 1.42. The lowest BCUT2D eigenvalue weighted by Gasteiger charge is -2.13. The number of rotatable bonds is 4. The quantitative estimate of drug-likeness (QED) is 0.866. The molecule has 1 rings (SSSR count). The fourth-order valence-corrected chi connectivity index (χ4v) is 2.28. The number of alkyl halides is 1. The smallest absolute Gasteiger partial charge is 0.238 e. The Kier molecular flexibility index (Phi) is 5.17. The summed E-state index contributed by atoms with van der Waals surface area (Å²) in [5.74, 6) is 0.331. The molecular weight excluding hydrogens is 280 g/mol. The molecule has 1 unspecified atom stereocenters. The van der Waals surface area contributed by atoms with E-state index in [9.17, 15) is 4.79 Å². The predicted molar refractivity (Wildman–Crippen MR) is 72.0 cm³/mol. The molecule has 0 aliphatic heterocycles. The standard InChI is InChI=1S/C13H15BrN2O/c1-9(2)7-11(14)13(17)16-12-6-4-3-5-10(12)8-15/h3-6,9,11H,7H2,1-2H3,(H,16,17). The summed E-state index contributed by atoms with van der Waals surface area (Å²) in [5, 5.41) is 11.7. The predicted octanol–water partition coefficient (Wildman–Crippen LogP) is 3.31. The molecule has 3 nitrogen and oxygen atoms in total. The molecule has 0 saturated carbocycles. The third kappa shape index (κ3) is 4.20. The molecule has 90 valence electrons. The molecular formula is C13H15BrN2O. The van der Waals surface area contributed by atoms with E-state index in [4.69, 9.17) is 5.26 Å². The maximum absolute atomic E-state index is 11.8. The lowest BCUT2D eigenvalue weighted by molar-refractivity contribution is -0.115. The third-order valence-electron chi connectivity index (χ3n) is 2.27. The number of hydrogen-bond acceptors (Lipinski definition) is 2. The van der Waals surface area contributed by atoms with Gasteiger partial charge in [0.25, 0.3) is 0 Å². The van der Waals surface area contributed by atoms with Crippen LogP contribution in [0.1, 0.15) is 25.8 Å². The van der Waals surface area contributed by atoms with Crippen molar-refractivity contribution in [2.75, 3.05) is 5.32 Å². The van der Waals surface area contributed by atoms with Crippen molar-refractivity contribution in [2.24, 2.45) is 5.92 Å². The van der Waals surface area contributed by atoms with E-state index in [-0.39, 0.29) is 10.7 Å². The number of amides is 1. The highest BCUT2D eigenvalue weighted by Gasteiger charge is 2.17. The third-order valence-corrected chi connectivity index (χ3v) is 3.06. The van der Waals surface area contributed by atoms with Crippen LogP contribution in [-0.2, 0) is 4.79 Å². The van der Waals surface area contributed by atoms with Crippen LogP contribution in [0.5, 0.6) is 0 Å². The Balaban J connectivity index is 2.71.